The lowest BCUT2D eigenvalue weighted by Gasteiger charge is -2.13. The molecule has 3 N–H and O–H groups in total. The van der Waals surface area contributed by atoms with E-state index in [1.54, 1.807) is 35.4 Å². The van der Waals surface area contributed by atoms with Gasteiger partial charge in [0.25, 0.3) is 5.91 Å². The quantitative estimate of drug-likeness (QED) is 0.612. The number of benzene rings is 1. The number of hydrogen-bond donors (Lipinski definition) is 3. The van der Waals surface area contributed by atoms with Crippen molar-refractivity contribution in [1.29, 1.82) is 0 Å². The molecule has 2 amide bonds. The van der Waals surface area contributed by atoms with Crippen molar-refractivity contribution in [2.24, 2.45) is 0 Å². The molecule has 0 bridgehead atoms. The van der Waals surface area contributed by atoms with Crippen LogP contribution in [-0.4, -0.2) is 52.5 Å². The molecule has 3 rings (SSSR count). The molecule has 0 aliphatic carbocycles. The number of amides is 2. The Kier molecular flexibility index (Phi) is 5.81. The molecule has 0 saturated carbocycles. The molecule has 3 aromatic rings. The van der Waals surface area contributed by atoms with Crippen molar-refractivity contribution < 1.29 is 9.59 Å². The first kappa shape index (κ1) is 19.2. The summed E-state index contributed by atoms with van der Waals surface area (Å²) < 4.78 is 0. The lowest BCUT2D eigenvalue weighted by atomic mass is 10.1. The van der Waals surface area contributed by atoms with Crippen LogP contribution < -0.4 is 10.6 Å². The first-order chi connectivity index (χ1) is 13.4. The second kappa shape index (κ2) is 8.45. The van der Waals surface area contributed by atoms with Gasteiger partial charge in [0.2, 0.25) is 5.91 Å². The zero-order chi connectivity index (χ0) is 20.1. The predicted molar refractivity (Wildman–Crippen MR) is 108 cm³/mol. The zero-order valence-corrected chi connectivity index (χ0v) is 16.0. The molecule has 0 spiro atoms. The van der Waals surface area contributed by atoms with E-state index >= 15 is 0 Å². The molecule has 0 unspecified atom stereocenters. The van der Waals surface area contributed by atoms with E-state index in [1.165, 1.54) is 0 Å². The number of aromatic nitrogens is 3. The molecule has 0 radical (unpaired) electrons. The Bertz CT molecular complexity index is 981. The third-order valence-corrected chi connectivity index (χ3v) is 3.97. The van der Waals surface area contributed by atoms with Crippen LogP contribution in [-0.2, 0) is 4.79 Å². The number of rotatable bonds is 6. The summed E-state index contributed by atoms with van der Waals surface area (Å²) in [6.45, 7) is 2.17. The van der Waals surface area contributed by atoms with Crippen molar-refractivity contribution in [3.63, 3.8) is 0 Å². The number of aromatic amines is 1. The summed E-state index contributed by atoms with van der Waals surface area (Å²) in [5.41, 5.74) is 3.81. The summed E-state index contributed by atoms with van der Waals surface area (Å²) in [6, 6.07) is 12.5. The van der Waals surface area contributed by atoms with Gasteiger partial charge in [-0.25, -0.2) is 0 Å². The van der Waals surface area contributed by atoms with Crippen molar-refractivity contribution in [2.75, 3.05) is 31.3 Å². The lowest BCUT2D eigenvalue weighted by Crippen LogP contribution is -2.27. The van der Waals surface area contributed by atoms with Crippen LogP contribution in [0.25, 0.3) is 11.4 Å². The van der Waals surface area contributed by atoms with Gasteiger partial charge in [-0.15, -0.1) is 0 Å². The highest BCUT2D eigenvalue weighted by Crippen LogP contribution is 2.21. The van der Waals surface area contributed by atoms with Gasteiger partial charge in [0.1, 0.15) is 11.4 Å². The van der Waals surface area contributed by atoms with Crippen LogP contribution in [0.1, 0.15) is 16.1 Å². The SMILES string of the molecule is Cc1cc(NC(=O)c2cc(-c3ccccn3)n[nH]2)ccc1NC(=O)CN(C)C. The van der Waals surface area contributed by atoms with E-state index in [0.717, 1.165) is 5.56 Å². The van der Waals surface area contributed by atoms with Crippen LogP contribution in [0.15, 0.2) is 48.7 Å². The number of anilines is 2. The Balaban J connectivity index is 1.67. The van der Waals surface area contributed by atoms with Crippen molar-refractivity contribution in [2.45, 2.75) is 6.92 Å². The Morgan fingerprint density at radius 1 is 1.07 bits per heavy atom. The number of aryl methyl sites for hydroxylation is 1. The number of carbonyl (C=O) groups excluding carboxylic acids is 2. The van der Waals surface area contributed by atoms with Crippen molar-refractivity contribution in [1.82, 2.24) is 20.1 Å². The summed E-state index contributed by atoms with van der Waals surface area (Å²) >= 11 is 0. The van der Waals surface area contributed by atoms with Crippen LogP contribution in [0.2, 0.25) is 0 Å². The fourth-order valence-electron chi connectivity index (χ4n) is 2.64. The topological polar surface area (TPSA) is 103 Å². The van der Waals surface area contributed by atoms with Crippen LogP contribution >= 0.6 is 0 Å². The first-order valence-corrected chi connectivity index (χ1v) is 8.76. The van der Waals surface area contributed by atoms with Crippen molar-refractivity contribution in [3.05, 3.63) is 59.9 Å². The van der Waals surface area contributed by atoms with E-state index in [0.29, 0.717) is 35.0 Å². The van der Waals surface area contributed by atoms with Gasteiger partial charge in [-0.3, -0.25) is 19.7 Å². The Morgan fingerprint density at radius 3 is 2.57 bits per heavy atom. The summed E-state index contributed by atoms with van der Waals surface area (Å²) in [5.74, 6) is -0.400. The third-order valence-electron chi connectivity index (χ3n) is 3.97. The third kappa shape index (κ3) is 4.80. The van der Waals surface area contributed by atoms with E-state index in [4.69, 9.17) is 0 Å². The van der Waals surface area contributed by atoms with Crippen LogP contribution in [0.4, 0.5) is 11.4 Å². The minimum absolute atomic E-state index is 0.0932. The lowest BCUT2D eigenvalue weighted by molar-refractivity contribution is -0.116. The number of nitrogens with zero attached hydrogens (tertiary/aromatic N) is 3. The predicted octanol–water partition coefficient (Wildman–Crippen LogP) is 2.53. The van der Waals surface area contributed by atoms with Gasteiger partial charge < -0.3 is 15.5 Å². The van der Waals surface area contributed by atoms with Gasteiger partial charge in [0, 0.05) is 17.6 Å². The molecule has 28 heavy (non-hydrogen) atoms. The molecular formula is C20H22N6O2. The van der Waals surface area contributed by atoms with Crippen LogP contribution in [0.5, 0.6) is 0 Å². The molecule has 0 fully saturated rings. The Morgan fingerprint density at radius 2 is 1.89 bits per heavy atom. The van der Waals surface area contributed by atoms with Gasteiger partial charge >= 0.3 is 0 Å². The molecule has 8 heteroatoms. The van der Waals surface area contributed by atoms with Gasteiger partial charge in [0.15, 0.2) is 0 Å². The molecule has 2 aromatic heterocycles. The summed E-state index contributed by atoms with van der Waals surface area (Å²) in [4.78, 5) is 30.4. The summed E-state index contributed by atoms with van der Waals surface area (Å²) in [6.07, 6.45) is 1.67. The van der Waals surface area contributed by atoms with E-state index in [9.17, 15) is 9.59 Å². The maximum absolute atomic E-state index is 12.5. The van der Waals surface area contributed by atoms with Gasteiger partial charge in [-0.05, 0) is 63.0 Å². The summed E-state index contributed by atoms with van der Waals surface area (Å²) in [7, 11) is 3.67. The standard InChI is InChI=1S/C20H22N6O2/c1-13-10-14(7-8-15(13)23-19(27)12-26(2)3)22-20(28)18-11-17(24-25-18)16-6-4-5-9-21-16/h4-11H,12H2,1-3H3,(H,22,28)(H,23,27)(H,24,25). The maximum Gasteiger partial charge on any atom is 0.273 e. The fraction of sp³-hybridized carbons (Fsp3) is 0.200. The van der Waals surface area contributed by atoms with Crippen molar-refractivity contribution in [3.8, 4) is 11.4 Å². The summed E-state index contributed by atoms with van der Waals surface area (Å²) in [5, 5.41) is 12.6. The normalized spacial score (nSPS) is 10.7. The average Bonchev–Trinajstić information content (AvgIpc) is 3.14. The van der Waals surface area contributed by atoms with Crippen LogP contribution in [0.3, 0.4) is 0 Å². The smallest absolute Gasteiger partial charge is 0.273 e. The molecule has 0 aliphatic heterocycles. The number of nitrogens with one attached hydrogen (secondary N) is 3. The molecule has 0 aliphatic rings. The zero-order valence-electron chi connectivity index (χ0n) is 16.0. The highest BCUT2D eigenvalue weighted by molar-refractivity contribution is 6.03. The minimum Gasteiger partial charge on any atom is -0.325 e. The van der Waals surface area contributed by atoms with Gasteiger partial charge in [-0.2, -0.15) is 5.10 Å². The number of likely N-dealkylation sites (N-methyl/N-ethyl adjacent to an activating group) is 1. The second-order valence-electron chi connectivity index (χ2n) is 6.65. The van der Waals surface area contributed by atoms with E-state index in [1.807, 2.05) is 39.2 Å². The van der Waals surface area contributed by atoms with Crippen LogP contribution in [0, 0.1) is 6.92 Å². The molecule has 1 aromatic carbocycles. The number of H-pyrrole nitrogens is 1. The number of carbonyl (C=O) groups is 2. The van der Waals surface area contributed by atoms with Gasteiger partial charge in [-0.1, -0.05) is 6.07 Å². The largest absolute Gasteiger partial charge is 0.325 e. The van der Waals surface area contributed by atoms with Gasteiger partial charge in [0.05, 0.1) is 12.2 Å². The molecule has 0 atom stereocenters. The highest BCUT2D eigenvalue weighted by Gasteiger charge is 2.13. The van der Waals surface area contributed by atoms with E-state index in [-0.39, 0.29) is 11.8 Å². The molecular weight excluding hydrogens is 356 g/mol. The first-order valence-electron chi connectivity index (χ1n) is 8.76. The number of hydrogen-bond acceptors (Lipinski definition) is 5. The van der Waals surface area contributed by atoms with Crippen molar-refractivity contribution >= 4 is 23.2 Å². The highest BCUT2D eigenvalue weighted by atomic mass is 16.2. The monoisotopic (exact) mass is 378 g/mol. The molecule has 0 saturated heterocycles. The maximum atomic E-state index is 12.5. The average molecular weight is 378 g/mol. The minimum atomic E-state index is -0.307. The fourth-order valence-corrected chi connectivity index (χ4v) is 2.64. The number of pyridine rings is 1. The molecule has 144 valence electrons. The molecule has 2 heterocycles. The Hall–Kier alpha value is -3.52. The van der Waals surface area contributed by atoms with E-state index < -0.39 is 0 Å². The second-order valence-corrected chi connectivity index (χ2v) is 6.65. The Labute approximate surface area is 163 Å². The van der Waals surface area contributed by atoms with E-state index in [2.05, 4.69) is 25.8 Å². The molecule has 8 nitrogen and oxygen atoms in total.